The summed E-state index contributed by atoms with van der Waals surface area (Å²) in [6.07, 6.45) is 0.738. The van der Waals surface area contributed by atoms with Gasteiger partial charge in [-0.1, -0.05) is 37.3 Å². The number of Topliss-reactive ketones (excluding diaryl/α,β-unsaturated/α-hetero) is 1. The van der Waals surface area contributed by atoms with Gasteiger partial charge in [0.25, 0.3) is 5.70 Å². The molecule has 0 spiro atoms. The van der Waals surface area contributed by atoms with E-state index in [1.54, 1.807) is 6.92 Å². The smallest absolute Gasteiger partial charge is 0.294 e. The van der Waals surface area contributed by atoms with E-state index in [4.69, 9.17) is 9.47 Å². The molecule has 0 amide bonds. The van der Waals surface area contributed by atoms with Crippen LogP contribution in [-0.4, -0.2) is 43.3 Å². The molecule has 2 N–H and O–H groups in total. The van der Waals surface area contributed by atoms with Crippen LogP contribution in [0.1, 0.15) is 18.9 Å². The molecule has 3 rings (SSSR count). The van der Waals surface area contributed by atoms with Crippen molar-refractivity contribution in [3.05, 3.63) is 57.5 Å². The molecule has 8 nitrogen and oxygen atoms in total. The normalized spacial score (nSPS) is 26.5. The Morgan fingerprint density at radius 1 is 1.30 bits per heavy atom. The molecule has 1 heterocycles. The third-order valence-electron chi connectivity index (χ3n) is 5.61. The standard InChI is InChI=1S/C19H25N3O5/c1-12-15(23)11-14-16(22(24)25)18(21-17(12)19(14,26-2)27-3)20-10-9-13-7-5-4-6-8-13/h4-8,12,14,17,20-21H,9-11H2,1-3H3/t12-,14-,17-/m1/s1. The van der Waals surface area contributed by atoms with E-state index in [0.29, 0.717) is 12.4 Å². The van der Waals surface area contributed by atoms with E-state index in [0.717, 1.165) is 12.0 Å². The molecule has 2 bridgehead atoms. The second kappa shape index (κ2) is 7.66. The van der Waals surface area contributed by atoms with Crippen molar-refractivity contribution in [3.8, 4) is 0 Å². The summed E-state index contributed by atoms with van der Waals surface area (Å²) < 4.78 is 11.2. The number of hydrogen-bond donors (Lipinski definition) is 2. The van der Waals surface area contributed by atoms with Gasteiger partial charge in [-0.05, 0) is 12.0 Å². The van der Waals surface area contributed by atoms with Crippen LogP contribution in [0.5, 0.6) is 0 Å². The van der Waals surface area contributed by atoms with Crippen molar-refractivity contribution in [3.63, 3.8) is 0 Å². The maximum absolute atomic E-state index is 12.4. The van der Waals surface area contributed by atoms with Gasteiger partial charge in [0.2, 0.25) is 5.79 Å². The van der Waals surface area contributed by atoms with Gasteiger partial charge >= 0.3 is 0 Å². The first-order valence-electron chi connectivity index (χ1n) is 9.00. The number of nitrogens with one attached hydrogen (secondary N) is 2. The van der Waals surface area contributed by atoms with Crippen LogP contribution in [0.4, 0.5) is 0 Å². The molecule has 27 heavy (non-hydrogen) atoms. The van der Waals surface area contributed by atoms with E-state index in [2.05, 4.69) is 10.6 Å². The SMILES string of the molecule is COC1(OC)[C@@H]2CC(=O)[C@@H](C)[C@H]1NC(NCCc1ccccc1)=C2[N+](=O)[O-]. The predicted octanol–water partition coefficient (Wildman–Crippen LogP) is 1.45. The quantitative estimate of drug-likeness (QED) is 0.422. The number of hydrogen-bond acceptors (Lipinski definition) is 7. The first-order valence-corrected chi connectivity index (χ1v) is 9.00. The number of nitrogens with zero attached hydrogens (tertiary/aromatic N) is 1. The molecule has 1 aromatic carbocycles. The van der Waals surface area contributed by atoms with E-state index in [9.17, 15) is 14.9 Å². The minimum atomic E-state index is -1.25. The van der Waals surface area contributed by atoms with Crippen LogP contribution in [0.15, 0.2) is 41.8 Å². The van der Waals surface area contributed by atoms with Gasteiger partial charge in [0.05, 0.1) is 11.0 Å². The lowest BCUT2D eigenvalue weighted by Crippen LogP contribution is -2.69. The maximum Gasteiger partial charge on any atom is 0.294 e. The number of ketones is 1. The molecule has 0 aromatic heterocycles. The molecule has 1 aromatic rings. The lowest BCUT2D eigenvalue weighted by atomic mass is 9.69. The van der Waals surface area contributed by atoms with Gasteiger partial charge in [0.1, 0.15) is 11.7 Å². The fourth-order valence-corrected chi connectivity index (χ4v) is 4.16. The molecule has 1 saturated carbocycles. The summed E-state index contributed by atoms with van der Waals surface area (Å²) in [5.41, 5.74) is 1.04. The van der Waals surface area contributed by atoms with Crippen molar-refractivity contribution in [2.45, 2.75) is 31.6 Å². The Kier molecular flexibility index (Phi) is 5.48. The second-order valence-electron chi connectivity index (χ2n) is 6.94. The Morgan fingerprint density at radius 3 is 2.56 bits per heavy atom. The van der Waals surface area contributed by atoms with Crippen molar-refractivity contribution in [2.24, 2.45) is 11.8 Å². The molecule has 1 aliphatic carbocycles. The van der Waals surface area contributed by atoms with E-state index in [1.165, 1.54) is 14.2 Å². The van der Waals surface area contributed by atoms with Gasteiger partial charge in [-0.2, -0.15) is 0 Å². The van der Waals surface area contributed by atoms with Crippen LogP contribution in [0.3, 0.4) is 0 Å². The van der Waals surface area contributed by atoms with Crippen molar-refractivity contribution >= 4 is 5.78 Å². The van der Waals surface area contributed by atoms with Crippen LogP contribution in [0, 0.1) is 22.0 Å². The Balaban J connectivity index is 1.90. The van der Waals surface area contributed by atoms with E-state index >= 15 is 0 Å². The third kappa shape index (κ3) is 3.30. The van der Waals surface area contributed by atoms with Crippen LogP contribution < -0.4 is 10.6 Å². The van der Waals surface area contributed by atoms with Crippen molar-refractivity contribution < 1.29 is 19.2 Å². The zero-order chi connectivity index (χ0) is 19.6. The minimum Gasteiger partial charge on any atom is -0.366 e. The van der Waals surface area contributed by atoms with Crippen molar-refractivity contribution in [1.82, 2.24) is 10.6 Å². The molecule has 8 heteroatoms. The number of carbonyl (C=O) groups excluding carboxylic acids is 1. The molecular formula is C19H25N3O5. The van der Waals surface area contributed by atoms with Gasteiger partial charge in [-0.3, -0.25) is 14.9 Å². The summed E-state index contributed by atoms with van der Waals surface area (Å²) in [6.45, 7) is 2.32. The number of carbonyl (C=O) groups is 1. The Labute approximate surface area is 158 Å². The summed E-state index contributed by atoms with van der Waals surface area (Å²) >= 11 is 0. The highest BCUT2D eigenvalue weighted by atomic mass is 16.7. The summed E-state index contributed by atoms with van der Waals surface area (Å²) in [4.78, 5) is 23.8. The van der Waals surface area contributed by atoms with E-state index < -0.39 is 22.7 Å². The summed E-state index contributed by atoms with van der Waals surface area (Å²) in [5, 5.41) is 18.1. The monoisotopic (exact) mass is 375 g/mol. The topological polar surface area (TPSA) is 103 Å². The van der Waals surface area contributed by atoms with Crippen LogP contribution in [-0.2, 0) is 20.7 Å². The van der Waals surface area contributed by atoms with Gasteiger partial charge in [-0.25, -0.2) is 0 Å². The average Bonchev–Trinajstić information content (AvgIpc) is 2.67. The molecule has 1 fully saturated rings. The molecule has 1 aliphatic heterocycles. The first kappa shape index (κ1) is 19.3. The molecular weight excluding hydrogens is 350 g/mol. The number of nitro groups is 1. The molecule has 3 atom stereocenters. The maximum atomic E-state index is 12.4. The van der Waals surface area contributed by atoms with E-state index in [-0.39, 0.29) is 23.8 Å². The number of rotatable bonds is 7. The summed E-state index contributed by atoms with van der Waals surface area (Å²) in [7, 11) is 2.91. The highest BCUT2D eigenvalue weighted by Crippen LogP contribution is 2.46. The van der Waals surface area contributed by atoms with Gasteiger partial charge in [0.15, 0.2) is 5.82 Å². The minimum absolute atomic E-state index is 0.0151. The van der Waals surface area contributed by atoms with Crippen molar-refractivity contribution in [1.29, 1.82) is 0 Å². The highest BCUT2D eigenvalue weighted by molar-refractivity contribution is 5.83. The molecule has 0 radical (unpaired) electrons. The van der Waals surface area contributed by atoms with Crippen LogP contribution >= 0.6 is 0 Å². The zero-order valence-corrected chi connectivity index (χ0v) is 15.7. The molecule has 0 saturated heterocycles. The zero-order valence-electron chi connectivity index (χ0n) is 15.7. The van der Waals surface area contributed by atoms with Crippen LogP contribution in [0.2, 0.25) is 0 Å². The number of ether oxygens (including phenoxy) is 2. The number of benzene rings is 1. The van der Waals surface area contributed by atoms with Gasteiger partial charge in [0, 0.05) is 33.1 Å². The highest BCUT2D eigenvalue weighted by Gasteiger charge is 2.63. The Morgan fingerprint density at radius 2 is 1.96 bits per heavy atom. The molecule has 0 unspecified atom stereocenters. The first-order chi connectivity index (χ1) is 12.9. The average molecular weight is 375 g/mol. The molecule has 2 aliphatic rings. The van der Waals surface area contributed by atoms with Gasteiger partial charge in [-0.15, -0.1) is 0 Å². The Bertz CT molecular complexity index is 745. The summed E-state index contributed by atoms with van der Waals surface area (Å²) in [5.74, 6) is -2.11. The van der Waals surface area contributed by atoms with Gasteiger partial charge < -0.3 is 20.1 Å². The fourth-order valence-electron chi connectivity index (χ4n) is 4.16. The lowest BCUT2D eigenvalue weighted by Gasteiger charge is -2.51. The predicted molar refractivity (Wildman–Crippen MR) is 98.1 cm³/mol. The Hall–Kier alpha value is -2.45. The number of methoxy groups -OCH3 is 2. The summed E-state index contributed by atoms with van der Waals surface area (Å²) in [6, 6.07) is 9.37. The number of fused-ring (bicyclic) bond motifs is 2. The molecule has 146 valence electrons. The second-order valence-corrected chi connectivity index (χ2v) is 6.94. The van der Waals surface area contributed by atoms with Crippen LogP contribution in [0.25, 0.3) is 0 Å². The fraction of sp³-hybridized carbons (Fsp3) is 0.526. The third-order valence-corrected chi connectivity index (χ3v) is 5.61. The largest absolute Gasteiger partial charge is 0.366 e. The van der Waals surface area contributed by atoms with E-state index in [1.807, 2.05) is 30.3 Å². The lowest BCUT2D eigenvalue weighted by molar-refractivity contribution is -0.451. The van der Waals surface area contributed by atoms with Crippen molar-refractivity contribution in [2.75, 3.05) is 20.8 Å².